The van der Waals surface area contributed by atoms with Crippen LogP contribution < -0.4 is 0 Å². The SMILES string of the molecule is COC(CCBr)c1ccc(C2CC2)c([N+](=O)[O-])c1. The molecule has 98 valence electrons. The van der Waals surface area contributed by atoms with Crippen LogP contribution in [-0.2, 0) is 4.74 Å². The van der Waals surface area contributed by atoms with Crippen molar-refractivity contribution in [2.75, 3.05) is 12.4 Å². The number of nitro groups is 1. The Hall–Kier alpha value is -0.940. The smallest absolute Gasteiger partial charge is 0.273 e. The third-order valence-corrected chi connectivity index (χ3v) is 3.75. The average molecular weight is 314 g/mol. The van der Waals surface area contributed by atoms with Crippen molar-refractivity contribution in [2.45, 2.75) is 31.3 Å². The number of hydrogen-bond donors (Lipinski definition) is 0. The zero-order chi connectivity index (χ0) is 13.1. The number of nitro benzene ring substituents is 1. The van der Waals surface area contributed by atoms with E-state index >= 15 is 0 Å². The van der Waals surface area contributed by atoms with Crippen LogP contribution in [0.3, 0.4) is 0 Å². The molecule has 0 radical (unpaired) electrons. The van der Waals surface area contributed by atoms with Crippen molar-refractivity contribution in [2.24, 2.45) is 0 Å². The van der Waals surface area contributed by atoms with Crippen LogP contribution in [0.25, 0.3) is 0 Å². The quantitative estimate of drug-likeness (QED) is 0.454. The summed E-state index contributed by atoms with van der Waals surface area (Å²) in [5, 5.41) is 11.9. The molecule has 0 heterocycles. The predicted octanol–water partition coefficient (Wildman–Crippen LogP) is 3.94. The minimum absolute atomic E-state index is 0.0867. The summed E-state index contributed by atoms with van der Waals surface area (Å²) >= 11 is 3.37. The largest absolute Gasteiger partial charge is 0.377 e. The van der Waals surface area contributed by atoms with Gasteiger partial charge >= 0.3 is 0 Å². The monoisotopic (exact) mass is 313 g/mol. The van der Waals surface area contributed by atoms with E-state index in [0.29, 0.717) is 5.92 Å². The molecule has 18 heavy (non-hydrogen) atoms. The number of hydrogen-bond acceptors (Lipinski definition) is 3. The first kappa shape index (κ1) is 13.5. The second-order valence-corrected chi connectivity index (χ2v) is 5.34. The number of ether oxygens (including phenoxy) is 1. The lowest BCUT2D eigenvalue weighted by Crippen LogP contribution is -2.04. The Kier molecular flexibility index (Phi) is 4.35. The van der Waals surface area contributed by atoms with Crippen LogP contribution in [0.1, 0.15) is 42.4 Å². The fourth-order valence-electron chi connectivity index (χ4n) is 2.18. The van der Waals surface area contributed by atoms with Crippen molar-refractivity contribution in [1.82, 2.24) is 0 Å². The molecule has 0 amide bonds. The van der Waals surface area contributed by atoms with Crippen molar-refractivity contribution in [3.63, 3.8) is 0 Å². The van der Waals surface area contributed by atoms with Crippen molar-refractivity contribution in [1.29, 1.82) is 0 Å². The van der Waals surface area contributed by atoms with E-state index in [1.807, 2.05) is 12.1 Å². The van der Waals surface area contributed by atoms with Gasteiger partial charge in [-0.25, -0.2) is 0 Å². The van der Waals surface area contributed by atoms with Crippen LogP contribution in [0.2, 0.25) is 0 Å². The molecule has 0 aliphatic heterocycles. The van der Waals surface area contributed by atoms with Crippen molar-refractivity contribution >= 4 is 21.6 Å². The molecule has 0 bridgehead atoms. The molecule has 1 aliphatic carbocycles. The van der Waals surface area contributed by atoms with Gasteiger partial charge in [0.15, 0.2) is 0 Å². The van der Waals surface area contributed by atoms with Crippen molar-refractivity contribution < 1.29 is 9.66 Å². The van der Waals surface area contributed by atoms with Crippen LogP contribution in [0.15, 0.2) is 18.2 Å². The molecule has 1 atom stereocenters. The first-order chi connectivity index (χ1) is 8.67. The summed E-state index contributed by atoms with van der Waals surface area (Å²) in [5.41, 5.74) is 2.00. The van der Waals surface area contributed by atoms with Crippen molar-refractivity contribution in [3.05, 3.63) is 39.4 Å². The second kappa shape index (κ2) is 5.80. The van der Waals surface area contributed by atoms with Gasteiger partial charge < -0.3 is 4.74 Å². The molecular weight excluding hydrogens is 298 g/mol. The van der Waals surface area contributed by atoms with Crippen LogP contribution in [0, 0.1) is 10.1 Å². The first-order valence-electron chi connectivity index (χ1n) is 6.04. The van der Waals surface area contributed by atoms with E-state index in [2.05, 4.69) is 15.9 Å². The van der Waals surface area contributed by atoms with E-state index in [9.17, 15) is 10.1 Å². The molecular formula is C13H16BrNO3. The number of alkyl halides is 1. The summed E-state index contributed by atoms with van der Waals surface area (Å²) in [7, 11) is 1.63. The number of methoxy groups -OCH3 is 1. The van der Waals surface area contributed by atoms with Gasteiger partial charge in [0.05, 0.1) is 11.0 Å². The molecule has 2 rings (SSSR count). The highest BCUT2D eigenvalue weighted by Gasteiger charge is 2.31. The Bertz CT molecular complexity index is 446. The summed E-state index contributed by atoms with van der Waals surface area (Å²) < 4.78 is 5.37. The molecule has 0 N–H and O–H groups in total. The lowest BCUT2D eigenvalue weighted by atomic mass is 10.0. The fraction of sp³-hybridized carbons (Fsp3) is 0.538. The van der Waals surface area contributed by atoms with Gasteiger partial charge in [-0.3, -0.25) is 10.1 Å². The van der Waals surface area contributed by atoms with Gasteiger partial charge in [0.1, 0.15) is 0 Å². The molecule has 5 heteroatoms. The van der Waals surface area contributed by atoms with E-state index < -0.39 is 0 Å². The highest BCUT2D eigenvalue weighted by molar-refractivity contribution is 9.09. The molecule has 1 unspecified atom stereocenters. The van der Waals surface area contributed by atoms with Crippen molar-refractivity contribution in [3.8, 4) is 0 Å². The Labute approximate surface area is 115 Å². The summed E-state index contributed by atoms with van der Waals surface area (Å²) in [6.45, 7) is 0. The number of benzene rings is 1. The fourth-order valence-corrected chi connectivity index (χ4v) is 2.59. The molecule has 1 fully saturated rings. The Morgan fingerprint density at radius 1 is 1.56 bits per heavy atom. The van der Waals surface area contributed by atoms with Gasteiger partial charge in [0, 0.05) is 24.1 Å². The average Bonchev–Trinajstić information content (AvgIpc) is 3.19. The van der Waals surface area contributed by atoms with Gasteiger partial charge in [-0.2, -0.15) is 0 Å². The van der Waals surface area contributed by atoms with E-state index in [0.717, 1.165) is 35.7 Å². The third kappa shape index (κ3) is 2.90. The molecule has 1 aromatic carbocycles. The number of nitrogens with zero attached hydrogens (tertiary/aromatic N) is 1. The Balaban J connectivity index is 2.32. The summed E-state index contributed by atoms with van der Waals surface area (Å²) in [4.78, 5) is 10.9. The normalized spacial score (nSPS) is 16.6. The molecule has 4 nitrogen and oxygen atoms in total. The second-order valence-electron chi connectivity index (χ2n) is 4.55. The summed E-state index contributed by atoms with van der Waals surface area (Å²) in [6.07, 6.45) is 2.84. The van der Waals surface area contributed by atoms with Gasteiger partial charge in [0.25, 0.3) is 5.69 Å². The zero-order valence-corrected chi connectivity index (χ0v) is 11.9. The lowest BCUT2D eigenvalue weighted by Gasteiger charge is -2.15. The third-order valence-electron chi connectivity index (χ3n) is 3.30. The minimum atomic E-state index is -0.280. The van der Waals surface area contributed by atoms with Crippen LogP contribution in [0.5, 0.6) is 0 Å². The topological polar surface area (TPSA) is 52.4 Å². The van der Waals surface area contributed by atoms with Crippen LogP contribution in [-0.4, -0.2) is 17.4 Å². The molecule has 0 aromatic heterocycles. The molecule has 0 saturated heterocycles. The first-order valence-corrected chi connectivity index (χ1v) is 7.16. The number of rotatable bonds is 6. The maximum Gasteiger partial charge on any atom is 0.273 e. The van der Waals surface area contributed by atoms with Crippen LogP contribution >= 0.6 is 15.9 Å². The highest BCUT2D eigenvalue weighted by atomic mass is 79.9. The maximum atomic E-state index is 11.1. The highest BCUT2D eigenvalue weighted by Crippen LogP contribution is 2.44. The van der Waals surface area contributed by atoms with Crippen LogP contribution in [0.4, 0.5) is 5.69 Å². The van der Waals surface area contributed by atoms with Gasteiger partial charge in [-0.1, -0.05) is 28.1 Å². The Morgan fingerprint density at radius 2 is 2.28 bits per heavy atom. The summed E-state index contributed by atoms with van der Waals surface area (Å²) in [5.74, 6) is 0.386. The predicted molar refractivity (Wildman–Crippen MR) is 73.2 cm³/mol. The molecule has 1 aliphatic rings. The van der Waals surface area contributed by atoms with Gasteiger partial charge in [-0.15, -0.1) is 0 Å². The molecule has 1 saturated carbocycles. The van der Waals surface area contributed by atoms with E-state index in [1.54, 1.807) is 13.2 Å². The summed E-state index contributed by atoms with van der Waals surface area (Å²) in [6, 6.07) is 5.52. The standard InChI is InChI=1S/C13H16BrNO3/c1-18-13(6-7-14)10-4-5-11(9-2-3-9)12(8-10)15(16)17/h4-5,8-9,13H,2-3,6-7H2,1H3. The zero-order valence-electron chi connectivity index (χ0n) is 10.3. The van der Waals surface area contributed by atoms with E-state index in [-0.39, 0.29) is 16.7 Å². The van der Waals surface area contributed by atoms with Gasteiger partial charge in [-0.05, 0) is 30.7 Å². The number of halogens is 1. The Morgan fingerprint density at radius 3 is 2.78 bits per heavy atom. The van der Waals surface area contributed by atoms with Gasteiger partial charge in [0.2, 0.25) is 0 Å². The lowest BCUT2D eigenvalue weighted by molar-refractivity contribution is -0.385. The van der Waals surface area contributed by atoms with E-state index in [1.165, 1.54) is 0 Å². The van der Waals surface area contributed by atoms with E-state index in [4.69, 9.17) is 4.74 Å². The molecule has 1 aromatic rings. The minimum Gasteiger partial charge on any atom is -0.377 e. The maximum absolute atomic E-state index is 11.1. The molecule has 0 spiro atoms.